The van der Waals surface area contributed by atoms with E-state index in [-0.39, 0.29) is 0 Å². The fraction of sp³-hybridized carbons (Fsp3) is 0.333. The Morgan fingerprint density at radius 1 is 1.36 bits per heavy atom. The Labute approximate surface area is 135 Å². The molecule has 1 aromatic carbocycles. The van der Waals surface area contributed by atoms with Gasteiger partial charge in [0.1, 0.15) is 0 Å². The summed E-state index contributed by atoms with van der Waals surface area (Å²) in [5.41, 5.74) is 1.09. The highest BCUT2D eigenvalue weighted by Gasteiger charge is 2.20. The van der Waals surface area contributed by atoms with Crippen molar-refractivity contribution in [2.24, 2.45) is 0 Å². The molecule has 2 rings (SSSR count). The van der Waals surface area contributed by atoms with Gasteiger partial charge >= 0.3 is 0 Å². The third-order valence-corrected chi connectivity index (χ3v) is 3.59. The van der Waals surface area contributed by atoms with Crippen molar-refractivity contribution >= 4 is 21.8 Å². The van der Waals surface area contributed by atoms with Crippen LogP contribution >= 0.6 is 15.9 Å². The Hall–Kier alpha value is -1.76. The smallest absolute Gasteiger partial charge is 0.257 e. The minimum atomic E-state index is -2.54. The first-order chi connectivity index (χ1) is 10.5. The van der Waals surface area contributed by atoms with Crippen molar-refractivity contribution in [3.8, 4) is 5.69 Å². The molecular formula is C15H16BrF2N3O. The van der Waals surface area contributed by atoms with Gasteiger partial charge in [-0.3, -0.25) is 4.79 Å². The number of aromatic nitrogens is 2. The molecule has 0 saturated heterocycles. The van der Waals surface area contributed by atoms with Crippen LogP contribution in [-0.2, 0) is 0 Å². The van der Waals surface area contributed by atoms with Crippen molar-refractivity contribution in [3.05, 3.63) is 46.7 Å². The molecule has 1 heterocycles. The minimum Gasteiger partial charge on any atom is -0.333 e. The van der Waals surface area contributed by atoms with E-state index in [1.165, 1.54) is 6.20 Å². The molecule has 0 bridgehead atoms. The van der Waals surface area contributed by atoms with Crippen molar-refractivity contribution in [3.63, 3.8) is 0 Å². The molecule has 0 radical (unpaired) electrons. The molecule has 0 atom stereocenters. The van der Waals surface area contributed by atoms with E-state index >= 15 is 0 Å². The standard InChI is InChI=1S/C15H16BrF2N3O/c1-2-7-20(10-14(17)18)15(22)11-8-19-21(9-11)13-5-3-12(16)4-6-13/h3-6,8-9,14H,2,7,10H2,1H3. The van der Waals surface area contributed by atoms with Gasteiger partial charge in [-0.2, -0.15) is 5.10 Å². The summed E-state index contributed by atoms with van der Waals surface area (Å²) in [6, 6.07) is 7.40. The number of hydrogen-bond acceptors (Lipinski definition) is 2. The molecule has 0 unspecified atom stereocenters. The molecule has 1 amide bonds. The summed E-state index contributed by atoms with van der Waals surface area (Å²) in [5.74, 6) is -0.425. The van der Waals surface area contributed by atoms with E-state index in [2.05, 4.69) is 21.0 Å². The van der Waals surface area contributed by atoms with Gasteiger partial charge in [0.05, 0.1) is 24.0 Å². The zero-order valence-corrected chi connectivity index (χ0v) is 13.6. The normalized spacial score (nSPS) is 11.0. The van der Waals surface area contributed by atoms with Crippen LogP contribution in [0.4, 0.5) is 8.78 Å². The van der Waals surface area contributed by atoms with E-state index < -0.39 is 18.9 Å². The topological polar surface area (TPSA) is 38.1 Å². The molecular weight excluding hydrogens is 356 g/mol. The van der Waals surface area contributed by atoms with E-state index in [9.17, 15) is 13.6 Å². The fourth-order valence-corrected chi connectivity index (χ4v) is 2.33. The summed E-state index contributed by atoms with van der Waals surface area (Å²) in [4.78, 5) is 13.5. The molecule has 2 aromatic rings. The number of amides is 1. The average molecular weight is 372 g/mol. The van der Waals surface area contributed by atoms with Gasteiger partial charge < -0.3 is 4.90 Å². The third-order valence-electron chi connectivity index (χ3n) is 3.06. The monoisotopic (exact) mass is 371 g/mol. The molecule has 0 aliphatic heterocycles. The van der Waals surface area contributed by atoms with Crippen molar-refractivity contribution in [2.45, 2.75) is 19.8 Å². The van der Waals surface area contributed by atoms with Crippen molar-refractivity contribution in [2.75, 3.05) is 13.1 Å². The Bertz CT molecular complexity index is 628. The van der Waals surface area contributed by atoms with Crippen molar-refractivity contribution in [1.82, 2.24) is 14.7 Å². The Morgan fingerprint density at radius 3 is 2.64 bits per heavy atom. The quantitative estimate of drug-likeness (QED) is 0.775. The lowest BCUT2D eigenvalue weighted by atomic mass is 10.3. The molecule has 0 saturated carbocycles. The van der Waals surface area contributed by atoms with Gasteiger partial charge in [-0.1, -0.05) is 22.9 Å². The van der Waals surface area contributed by atoms with Crippen LogP contribution in [0.3, 0.4) is 0 Å². The molecule has 4 nitrogen and oxygen atoms in total. The lowest BCUT2D eigenvalue weighted by molar-refractivity contribution is 0.0555. The lowest BCUT2D eigenvalue weighted by Crippen LogP contribution is -2.35. The number of carbonyl (C=O) groups is 1. The Balaban J connectivity index is 2.18. The summed E-state index contributed by atoms with van der Waals surface area (Å²) >= 11 is 3.34. The largest absolute Gasteiger partial charge is 0.333 e. The first kappa shape index (κ1) is 16.6. The van der Waals surface area contributed by atoms with E-state index in [0.717, 1.165) is 15.1 Å². The molecule has 0 aliphatic carbocycles. The summed E-state index contributed by atoms with van der Waals surface area (Å²) in [5, 5.41) is 4.13. The SMILES string of the molecule is CCCN(CC(F)F)C(=O)c1cnn(-c2ccc(Br)cc2)c1. The van der Waals surface area contributed by atoms with Crippen molar-refractivity contribution in [1.29, 1.82) is 0 Å². The number of rotatable bonds is 6. The van der Waals surface area contributed by atoms with Gasteiger partial charge in [0, 0.05) is 17.2 Å². The number of benzene rings is 1. The number of carbonyl (C=O) groups excluding carboxylic acids is 1. The molecule has 22 heavy (non-hydrogen) atoms. The van der Waals surface area contributed by atoms with Crippen LogP contribution in [0.5, 0.6) is 0 Å². The Kier molecular flexibility index (Phi) is 5.65. The number of nitrogens with zero attached hydrogens (tertiary/aromatic N) is 3. The molecule has 0 spiro atoms. The molecule has 7 heteroatoms. The van der Waals surface area contributed by atoms with Gasteiger partial charge in [0.15, 0.2) is 0 Å². The summed E-state index contributed by atoms with van der Waals surface area (Å²) in [6.45, 7) is 1.58. The second-order valence-corrected chi connectivity index (χ2v) is 5.71. The van der Waals surface area contributed by atoms with E-state index in [1.807, 2.05) is 31.2 Å². The van der Waals surface area contributed by atoms with Gasteiger partial charge in [-0.25, -0.2) is 13.5 Å². The highest BCUT2D eigenvalue weighted by molar-refractivity contribution is 9.10. The highest BCUT2D eigenvalue weighted by Crippen LogP contribution is 2.15. The van der Waals surface area contributed by atoms with Gasteiger partial charge in [0.2, 0.25) is 0 Å². The lowest BCUT2D eigenvalue weighted by Gasteiger charge is -2.20. The first-order valence-electron chi connectivity index (χ1n) is 6.89. The molecule has 1 aromatic heterocycles. The molecule has 0 N–H and O–H groups in total. The van der Waals surface area contributed by atoms with Crippen LogP contribution < -0.4 is 0 Å². The zero-order chi connectivity index (χ0) is 16.1. The predicted octanol–water partition coefficient (Wildman–Crippen LogP) is 3.75. The van der Waals surface area contributed by atoms with Crippen LogP contribution in [0.25, 0.3) is 5.69 Å². The third kappa shape index (κ3) is 4.13. The molecule has 118 valence electrons. The zero-order valence-electron chi connectivity index (χ0n) is 12.0. The number of hydrogen-bond donors (Lipinski definition) is 0. The van der Waals surface area contributed by atoms with Gasteiger partial charge in [-0.05, 0) is 30.7 Å². The van der Waals surface area contributed by atoms with Gasteiger partial charge in [-0.15, -0.1) is 0 Å². The second-order valence-electron chi connectivity index (χ2n) is 4.79. The summed E-state index contributed by atoms with van der Waals surface area (Å²) in [7, 11) is 0. The van der Waals surface area contributed by atoms with Crippen LogP contribution in [0, 0.1) is 0 Å². The second kappa shape index (κ2) is 7.49. The summed E-state index contributed by atoms with van der Waals surface area (Å²) in [6.07, 6.45) is 1.04. The van der Waals surface area contributed by atoms with E-state index in [0.29, 0.717) is 18.5 Å². The van der Waals surface area contributed by atoms with Crippen LogP contribution in [0.15, 0.2) is 41.1 Å². The first-order valence-corrected chi connectivity index (χ1v) is 7.68. The fourth-order valence-electron chi connectivity index (χ4n) is 2.06. The summed E-state index contributed by atoms with van der Waals surface area (Å²) < 4.78 is 27.6. The maximum absolute atomic E-state index is 12.6. The van der Waals surface area contributed by atoms with Gasteiger partial charge in [0.25, 0.3) is 12.3 Å². The number of alkyl halides is 2. The average Bonchev–Trinajstić information content (AvgIpc) is 2.96. The van der Waals surface area contributed by atoms with E-state index in [1.54, 1.807) is 10.9 Å². The number of halogens is 3. The predicted molar refractivity (Wildman–Crippen MR) is 83.5 cm³/mol. The Morgan fingerprint density at radius 2 is 2.05 bits per heavy atom. The van der Waals surface area contributed by atoms with Crippen LogP contribution in [-0.4, -0.2) is 40.1 Å². The van der Waals surface area contributed by atoms with E-state index in [4.69, 9.17) is 0 Å². The van der Waals surface area contributed by atoms with Crippen LogP contribution in [0.1, 0.15) is 23.7 Å². The van der Waals surface area contributed by atoms with Crippen LogP contribution in [0.2, 0.25) is 0 Å². The maximum Gasteiger partial charge on any atom is 0.257 e. The van der Waals surface area contributed by atoms with Crippen molar-refractivity contribution < 1.29 is 13.6 Å². The molecule has 0 aliphatic rings. The minimum absolute atomic E-state index is 0.298. The maximum atomic E-state index is 12.6. The highest BCUT2D eigenvalue weighted by atomic mass is 79.9. The molecule has 0 fully saturated rings.